The fraction of sp³-hybridized carbons (Fsp3) is 0.286. The number of carbonyl (C=O) groups excluding carboxylic acids is 1. The third-order valence-corrected chi connectivity index (χ3v) is 4.53. The van der Waals surface area contributed by atoms with Crippen LogP contribution >= 0.6 is 0 Å². The number of aryl methyl sites for hydroxylation is 2. The van der Waals surface area contributed by atoms with Gasteiger partial charge in [0.25, 0.3) is 11.5 Å². The van der Waals surface area contributed by atoms with Gasteiger partial charge in [0.2, 0.25) is 0 Å². The van der Waals surface area contributed by atoms with Crippen molar-refractivity contribution in [1.82, 2.24) is 14.5 Å². The Kier molecular flexibility index (Phi) is 5.26. The van der Waals surface area contributed by atoms with Crippen LogP contribution in [-0.4, -0.2) is 20.4 Å². The minimum Gasteiger partial charge on any atom is -0.325 e. The molecule has 3 rings (SSSR count). The number of rotatable bonds is 5. The summed E-state index contributed by atoms with van der Waals surface area (Å²) in [6.07, 6.45) is 4.41. The maximum absolute atomic E-state index is 12.5. The molecule has 0 saturated carbocycles. The zero-order valence-corrected chi connectivity index (χ0v) is 16.0. The largest absolute Gasteiger partial charge is 0.325 e. The first-order valence-electron chi connectivity index (χ1n) is 9.08. The van der Waals surface area contributed by atoms with Crippen molar-refractivity contribution in [3.63, 3.8) is 0 Å². The molecule has 140 valence electrons. The lowest BCUT2D eigenvalue weighted by Gasteiger charge is -2.12. The standard InChI is InChI=1S/C21H24N4O2/c1-5-18-14(4)12-17(21(27)24-18)20(26)23-15-6-8-16(9-7-15)25-11-10-22-19(25)13(2)3/h6-13H,5H2,1-4H3,(H,23,26)(H,24,27). The van der Waals surface area contributed by atoms with Crippen molar-refractivity contribution in [1.29, 1.82) is 0 Å². The highest BCUT2D eigenvalue weighted by atomic mass is 16.2. The molecule has 27 heavy (non-hydrogen) atoms. The second kappa shape index (κ2) is 7.61. The molecule has 0 saturated heterocycles. The summed E-state index contributed by atoms with van der Waals surface area (Å²) in [6.45, 7) is 8.04. The van der Waals surface area contributed by atoms with Gasteiger partial charge < -0.3 is 14.9 Å². The molecule has 0 bridgehead atoms. The van der Waals surface area contributed by atoms with E-state index in [9.17, 15) is 9.59 Å². The normalized spacial score (nSPS) is 11.0. The second-order valence-electron chi connectivity index (χ2n) is 6.84. The third-order valence-electron chi connectivity index (χ3n) is 4.53. The minimum atomic E-state index is -0.416. The number of hydrogen-bond donors (Lipinski definition) is 2. The van der Waals surface area contributed by atoms with E-state index in [4.69, 9.17) is 0 Å². The number of aromatic amines is 1. The Hall–Kier alpha value is -3.15. The summed E-state index contributed by atoms with van der Waals surface area (Å²) >= 11 is 0. The Bertz CT molecular complexity index is 1010. The molecule has 0 aliphatic rings. The quantitative estimate of drug-likeness (QED) is 0.722. The maximum atomic E-state index is 12.5. The number of nitrogens with zero attached hydrogens (tertiary/aromatic N) is 2. The number of aromatic nitrogens is 3. The van der Waals surface area contributed by atoms with Gasteiger partial charge in [-0.3, -0.25) is 9.59 Å². The number of nitrogens with one attached hydrogen (secondary N) is 2. The zero-order valence-electron chi connectivity index (χ0n) is 16.0. The number of anilines is 1. The Morgan fingerprint density at radius 2 is 1.96 bits per heavy atom. The van der Waals surface area contributed by atoms with Crippen molar-refractivity contribution in [2.45, 2.75) is 40.0 Å². The van der Waals surface area contributed by atoms with Crippen LogP contribution in [0.2, 0.25) is 0 Å². The first-order chi connectivity index (χ1) is 12.9. The van der Waals surface area contributed by atoms with Gasteiger partial charge in [-0.05, 0) is 49.2 Å². The van der Waals surface area contributed by atoms with Gasteiger partial charge in [0, 0.05) is 35.4 Å². The van der Waals surface area contributed by atoms with Gasteiger partial charge in [0.15, 0.2) is 0 Å². The number of H-pyrrole nitrogens is 1. The summed E-state index contributed by atoms with van der Waals surface area (Å²) in [5.41, 5.74) is 3.10. The van der Waals surface area contributed by atoms with Crippen LogP contribution in [0.5, 0.6) is 0 Å². The van der Waals surface area contributed by atoms with Crippen LogP contribution < -0.4 is 10.9 Å². The predicted octanol–water partition coefficient (Wildman–Crippen LogP) is 3.81. The molecule has 6 nitrogen and oxygen atoms in total. The highest BCUT2D eigenvalue weighted by molar-refractivity contribution is 6.04. The topological polar surface area (TPSA) is 79.8 Å². The van der Waals surface area contributed by atoms with E-state index < -0.39 is 5.91 Å². The first kappa shape index (κ1) is 18.6. The van der Waals surface area contributed by atoms with Gasteiger partial charge in [0.05, 0.1) is 0 Å². The van der Waals surface area contributed by atoms with Crippen molar-refractivity contribution < 1.29 is 4.79 Å². The number of benzene rings is 1. The van der Waals surface area contributed by atoms with Crippen LogP contribution in [0.15, 0.2) is 47.5 Å². The highest BCUT2D eigenvalue weighted by Crippen LogP contribution is 2.19. The summed E-state index contributed by atoms with van der Waals surface area (Å²) in [5.74, 6) is 0.866. The molecule has 0 unspecified atom stereocenters. The van der Waals surface area contributed by atoms with Crippen LogP contribution in [0.3, 0.4) is 0 Å². The van der Waals surface area contributed by atoms with Crippen LogP contribution in [-0.2, 0) is 6.42 Å². The van der Waals surface area contributed by atoms with E-state index in [1.54, 1.807) is 12.3 Å². The smallest absolute Gasteiger partial charge is 0.261 e. The van der Waals surface area contributed by atoms with Crippen LogP contribution in [0.1, 0.15) is 54.1 Å². The molecule has 2 N–H and O–H groups in total. The fourth-order valence-electron chi connectivity index (χ4n) is 3.07. The molecule has 0 aliphatic carbocycles. The average Bonchev–Trinajstić information content (AvgIpc) is 3.14. The highest BCUT2D eigenvalue weighted by Gasteiger charge is 2.14. The van der Waals surface area contributed by atoms with Crippen molar-refractivity contribution in [3.05, 3.63) is 75.7 Å². The van der Waals surface area contributed by atoms with Crippen LogP contribution in [0, 0.1) is 6.92 Å². The molecule has 6 heteroatoms. The number of imidazole rings is 1. The lowest BCUT2D eigenvalue weighted by molar-refractivity contribution is 0.102. The van der Waals surface area contributed by atoms with Crippen molar-refractivity contribution in [3.8, 4) is 5.69 Å². The van der Waals surface area contributed by atoms with Gasteiger partial charge in [-0.1, -0.05) is 20.8 Å². The Morgan fingerprint density at radius 3 is 2.59 bits per heavy atom. The van der Waals surface area contributed by atoms with Gasteiger partial charge in [-0.25, -0.2) is 4.98 Å². The fourth-order valence-corrected chi connectivity index (χ4v) is 3.07. The second-order valence-corrected chi connectivity index (χ2v) is 6.84. The van der Waals surface area contributed by atoms with E-state index in [-0.39, 0.29) is 11.1 Å². The van der Waals surface area contributed by atoms with Crippen molar-refractivity contribution in [2.75, 3.05) is 5.32 Å². The Morgan fingerprint density at radius 1 is 1.26 bits per heavy atom. The van der Waals surface area contributed by atoms with E-state index in [1.807, 2.05) is 48.9 Å². The molecule has 0 atom stereocenters. The lowest BCUT2D eigenvalue weighted by Crippen LogP contribution is -2.24. The summed E-state index contributed by atoms with van der Waals surface area (Å²) < 4.78 is 2.02. The molecule has 0 aliphatic heterocycles. The SMILES string of the molecule is CCc1[nH]c(=O)c(C(=O)Nc2ccc(-n3ccnc3C(C)C)cc2)cc1C. The number of carbonyl (C=O) groups is 1. The molecular formula is C21H24N4O2. The van der Waals surface area contributed by atoms with Gasteiger partial charge in [0.1, 0.15) is 11.4 Å². The molecule has 0 spiro atoms. The molecule has 0 radical (unpaired) electrons. The summed E-state index contributed by atoms with van der Waals surface area (Å²) in [4.78, 5) is 31.8. The van der Waals surface area contributed by atoms with E-state index in [0.717, 1.165) is 29.2 Å². The molecular weight excluding hydrogens is 340 g/mol. The Balaban J connectivity index is 1.81. The van der Waals surface area contributed by atoms with Crippen molar-refractivity contribution in [2.24, 2.45) is 0 Å². The monoisotopic (exact) mass is 364 g/mol. The van der Waals surface area contributed by atoms with Gasteiger partial charge in [-0.15, -0.1) is 0 Å². The third kappa shape index (κ3) is 3.84. The van der Waals surface area contributed by atoms with E-state index in [1.165, 1.54) is 0 Å². The maximum Gasteiger partial charge on any atom is 0.261 e. The summed E-state index contributed by atoms with van der Waals surface area (Å²) in [5, 5.41) is 2.79. The summed E-state index contributed by atoms with van der Waals surface area (Å²) in [7, 11) is 0. The number of pyridine rings is 1. The molecule has 3 aromatic rings. The predicted molar refractivity (Wildman–Crippen MR) is 107 cm³/mol. The first-order valence-corrected chi connectivity index (χ1v) is 9.08. The number of hydrogen-bond acceptors (Lipinski definition) is 3. The molecule has 2 aromatic heterocycles. The summed E-state index contributed by atoms with van der Waals surface area (Å²) in [6, 6.07) is 9.11. The molecule has 0 fully saturated rings. The molecule has 1 aromatic carbocycles. The van der Waals surface area contributed by atoms with E-state index in [0.29, 0.717) is 11.6 Å². The van der Waals surface area contributed by atoms with Crippen LogP contribution in [0.4, 0.5) is 5.69 Å². The minimum absolute atomic E-state index is 0.116. The average molecular weight is 364 g/mol. The van der Waals surface area contributed by atoms with E-state index in [2.05, 4.69) is 29.1 Å². The molecule has 2 heterocycles. The zero-order chi connectivity index (χ0) is 19.6. The van der Waals surface area contributed by atoms with E-state index >= 15 is 0 Å². The van der Waals surface area contributed by atoms with Crippen LogP contribution in [0.25, 0.3) is 5.69 Å². The Labute approximate surface area is 158 Å². The van der Waals surface area contributed by atoms with Crippen molar-refractivity contribution >= 4 is 11.6 Å². The van der Waals surface area contributed by atoms with Gasteiger partial charge in [-0.2, -0.15) is 0 Å². The van der Waals surface area contributed by atoms with Gasteiger partial charge >= 0.3 is 0 Å². The molecule has 1 amide bonds. The lowest BCUT2D eigenvalue weighted by atomic mass is 10.1. The number of amides is 1.